The highest BCUT2D eigenvalue weighted by atomic mass is 32.2. The molecule has 0 radical (unpaired) electrons. The summed E-state index contributed by atoms with van der Waals surface area (Å²) in [5.41, 5.74) is 4.39. The average molecular weight is 459 g/mol. The zero-order valence-corrected chi connectivity index (χ0v) is 19.5. The topological polar surface area (TPSA) is 72.9 Å². The lowest BCUT2D eigenvalue weighted by molar-refractivity contribution is -0.121. The van der Waals surface area contributed by atoms with Crippen molar-refractivity contribution in [2.45, 2.75) is 49.6 Å². The fraction of sp³-hybridized carbons (Fsp3) is 0.269. The summed E-state index contributed by atoms with van der Waals surface area (Å²) in [6.07, 6.45) is 4.77. The number of fused-ring (bicyclic) bond motifs is 1. The molecule has 5 rings (SSSR count). The van der Waals surface area contributed by atoms with E-state index in [1.807, 2.05) is 60.9 Å². The van der Waals surface area contributed by atoms with Gasteiger partial charge in [-0.05, 0) is 62.4 Å². The van der Waals surface area contributed by atoms with Gasteiger partial charge in [-0.2, -0.15) is 0 Å². The SMILES string of the molecule is Cc1occc1-c1nnc(SC(C)C(=O)NC2CCCc3ccccc32)n1-c1ccccc1. The van der Waals surface area contributed by atoms with Crippen molar-refractivity contribution in [3.63, 3.8) is 0 Å². The third-order valence-electron chi connectivity index (χ3n) is 6.08. The maximum Gasteiger partial charge on any atom is 0.233 e. The van der Waals surface area contributed by atoms with Crippen LogP contribution in [0.5, 0.6) is 0 Å². The highest BCUT2D eigenvalue weighted by Gasteiger charge is 2.26. The van der Waals surface area contributed by atoms with E-state index >= 15 is 0 Å². The van der Waals surface area contributed by atoms with E-state index < -0.39 is 0 Å². The smallest absolute Gasteiger partial charge is 0.233 e. The van der Waals surface area contributed by atoms with E-state index in [4.69, 9.17) is 4.42 Å². The largest absolute Gasteiger partial charge is 0.469 e. The van der Waals surface area contributed by atoms with Gasteiger partial charge in [0.05, 0.1) is 23.1 Å². The predicted octanol–water partition coefficient (Wildman–Crippen LogP) is 5.51. The number of furan rings is 1. The first-order valence-electron chi connectivity index (χ1n) is 11.2. The number of nitrogens with one attached hydrogen (secondary N) is 1. The molecule has 2 aromatic carbocycles. The molecule has 2 unspecified atom stereocenters. The number of carbonyl (C=O) groups is 1. The van der Waals surface area contributed by atoms with E-state index in [1.165, 1.54) is 22.9 Å². The molecule has 1 N–H and O–H groups in total. The number of nitrogens with zero attached hydrogens (tertiary/aromatic N) is 3. The Hall–Kier alpha value is -3.32. The van der Waals surface area contributed by atoms with Gasteiger partial charge in [0.15, 0.2) is 11.0 Å². The van der Waals surface area contributed by atoms with Crippen molar-refractivity contribution in [3.8, 4) is 17.1 Å². The second-order valence-electron chi connectivity index (χ2n) is 8.28. The number of benzene rings is 2. The molecule has 1 amide bonds. The van der Waals surface area contributed by atoms with Gasteiger partial charge in [-0.3, -0.25) is 9.36 Å². The van der Waals surface area contributed by atoms with Crippen LogP contribution in [-0.2, 0) is 11.2 Å². The lowest BCUT2D eigenvalue weighted by Gasteiger charge is -2.27. The molecule has 0 bridgehead atoms. The first-order chi connectivity index (χ1) is 16.1. The summed E-state index contributed by atoms with van der Waals surface area (Å²) in [7, 11) is 0. The van der Waals surface area contributed by atoms with Crippen molar-refractivity contribution < 1.29 is 9.21 Å². The lowest BCUT2D eigenvalue weighted by Crippen LogP contribution is -2.36. The Labute approximate surface area is 197 Å². The van der Waals surface area contributed by atoms with Gasteiger partial charge in [-0.25, -0.2) is 0 Å². The molecule has 1 aliphatic carbocycles. The van der Waals surface area contributed by atoms with Crippen molar-refractivity contribution >= 4 is 17.7 Å². The van der Waals surface area contributed by atoms with E-state index in [0.29, 0.717) is 11.0 Å². The minimum atomic E-state index is -0.330. The molecule has 168 valence electrons. The maximum atomic E-state index is 13.2. The molecule has 2 atom stereocenters. The standard InChI is InChI=1S/C26H26N4O2S/c1-17-21(15-16-32-17)24-28-29-26(30(24)20-11-4-3-5-12-20)33-18(2)25(31)27-23-14-8-10-19-9-6-7-13-22(19)23/h3-7,9,11-13,15-16,18,23H,8,10,14H2,1-2H3,(H,27,31). The van der Waals surface area contributed by atoms with E-state index in [-0.39, 0.29) is 17.2 Å². The van der Waals surface area contributed by atoms with E-state index in [1.54, 1.807) is 6.26 Å². The lowest BCUT2D eigenvalue weighted by atomic mass is 9.88. The molecular formula is C26H26N4O2S. The number of rotatable bonds is 6. The first-order valence-corrected chi connectivity index (χ1v) is 12.1. The number of hydrogen-bond acceptors (Lipinski definition) is 5. The Morgan fingerprint density at radius 3 is 2.70 bits per heavy atom. The van der Waals surface area contributed by atoms with Gasteiger partial charge in [0, 0.05) is 5.69 Å². The molecule has 7 heteroatoms. The minimum absolute atomic E-state index is 0.00496. The maximum absolute atomic E-state index is 13.2. The van der Waals surface area contributed by atoms with Crippen LogP contribution in [0.3, 0.4) is 0 Å². The van der Waals surface area contributed by atoms with Gasteiger partial charge < -0.3 is 9.73 Å². The highest BCUT2D eigenvalue weighted by Crippen LogP contribution is 2.33. The molecule has 4 aromatic rings. The van der Waals surface area contributed by atoms with Crippen LogP contribution in [0, 0.1) is 6.92 Å². The summed E-state index contributed by atoms with van der Waals surface area (Å²) < 4.78 is 7.49. The van der Waals surface area contributed by atoms with Gasteiger partial charge in [-0.15, -0.1) is 10.2 Å². The van der Waals surface area contributed by atoms with Crippen molar-refractivity contribution in [1.29, 1.82) is 0 Å². The quantitative estimate of drug-likeness (QED) is 0.386. The Morgan fingerprint density at radius 1 is 1.12 bits per heavy atom. The molecular weight excluding hydrogens is 432 g/mol. The van der Waals surface area contributed by atoms with Crippen molar-refractivity contribution in [3.05, 3.63) is 83.8 Å². The van der Waals surface area contributed by atoms with E-state index in [0.717, 1.165) is 36.3 Å². The van der Waals surface area contributed by atoms with Crippen molar-refractivity contribution in [2.75, 3.05) is 0 Å². The molecule has 0 fully saturated rings. The molecule has 0 spiro atoms. The summed E-state index contributed by atoms with van der Waals surface area (Å²) in [4.78, 5) is 13.2. The number of para-hydroxylation sites is 1. The third kappa shape index (κ3) is 4.33. The van der Waals surface area contributed by atoms with Gasteiger partial charge in [0.2, 0.25) is 5.91 Å². The Bertz CT molecular complexity index is 1260. The van der Waals surface area contributed by atoms with Crippen LogP contribution in [-0.4, -0.2) is 25.9 Å². The van der Waals surface area contributed by atoms with E-state index in [2.05, 4.69) is 33.7 Å². The summed E-state index contributed by atoms with van der Waals surface area (Å²) in [6, 6.07) is 20.3. The number of thioether (sulfide) groups is 1. The number of aryl methyl sites for hydroxylation is 2. The molecule has 33 heavy (non-hydrogen) atoms. The van der Waals surface area contributed by atoms with Crippen molar-refractivity contribution in [2.24, 2.45) is 0 Å². The molecule has 2 heterocycles. The second kappa shape index (κ2) is 9.27. The average Bonchev–Trinajstić information content (AvgIpc) is 3.45. The Balaban J connectivity index is 1.40. The summed E-state index contributed by atoms with van der Waals surface area (Å²) in [5.74, 6) is 1.48. The van der Waals surface area contributed by atoms with Crippen LogP contribution in [0.4, 0.5) is 0 Å². The van der Waals surface area contributed by atoms with Gasteiger partial charge in [-0.1, -0.05) is 54.2 Å². The molecule has 0 aliphatic heterocycles. The van der Waals surface area contributed by atoms with Crippen LogP contribution in [0.25, 0.3) is 17.1 Å². The molecule has 2 aromatic heterocycles. The first kappa shape index (κ1) is 21.5. The highest BCUT2D eigenvalue weighted by molar-refractivity contribution is 8.00. The van der Waals surface area contributed by atoms with Gasteiger partial charge in [0.1, 0.15) is 5.76 Å². The molecule has 6 nitrogen and oxygen atoms in total. The number of carbonyl (C=O) groups excluding carboxylic acids is 1. The molecule has 0 saturated carbocycles. The molecule has 1 aliphatic rings. The predicted molar refractivity (Wildman–Crippen MR) is 129 cm³/mol. The summed E-state index contributed by atoms with van der Waals surface area (Å²) in [5, 5.41) is 12.5. The van der Waals surface area contributed by atoms with Crippen LogP contribution >= 0.6 is 11.8 Å². The Morgan fingerprint density at radius 2 is 1.91 bits per heavy atom. The second-order valence-corrected chi connectivity index (χ2v) is 9.59. The normalized spacial score (nSPS) is 16.2. The number of amides is 1. The Kier molecular flexibility index (Phi) is 6.05. The fourth-order valence-corrected chi connectivity index (χ4v) is 5.23. The summed E-state index contributed by atoms with van der Waals surface area (Å²) in [6.45, 7) is 3.83. The zero-order chi connectivity index (χ0) is 22.8. The monoisotopic (exact) mass is 458 g/mol. The fourth-order valence-electron chi connectivity index (χ4n) is 4.35. The van der Waals surface area contributed by atoms with Crippen molar-refractivity contribution in [1.82, 2.24) is 20.1 Å². The zero-order valence-electron chi connectivity index (χ0n) is 18.7. The van der Waals surface area contributed by atoms with Crippen LogP contribution in [0.15, 0.2) is 76.5 Å². The van der Waals surface area contributed by atoms with Gasteiger partial charge >= 0.3 is 0 Å². The van der Waals surface area contributed by atoms with Crippen LogP contribution in [0.1, 0.15) is 42.7 Å². The summed E-state index contributed by atoms with van der Waals surface area (Å²) >= 11 is 1.41. The van der Waals surface area contributed by atoms with E-state index in [9.17, 15) is 4.79 Å². The van der Waals surface area contributed by atoms with Crippen LogP contribution in [0.2, 0.25) is 0 Å². The van der Waals surface area contributed by atoms with Crippen LogP contribution < -0.4 is 5.32 Å². The molecule has 0 saturated heterocycles. The van der Waals surface area contributed by atoms with Gasteiger partial charge in [0.25, 0.3) is 0 Å². The number of aromatic nitrogens is 3. The minimum Gasteiger partial charge on any atom is -0.469 e. The third-order valence-corrected chi connectivity index (χ3v) is 7.13. The number of hydrogen-bond donors (Lipinski definition) is 1.